The summed E-state index contributed by atoms with van der Waals surface area (Å²) in [6.07, 6.45) is 2.11. The minimum atomic E-state index is -0.0265. The van der Waals surface area contributed by atoms with Crippen molar-refractivity contribution in [1.82, 2.24) is 0 Å². The predicted octanol–water partition coefficient (Wildman–Crippen LogP) is 1.07. The molecule has 0 aromatic heterocycles. The first-order valence-corrected chi connectivity index (χ1v) is 6.58. The van der Waals surface area contributed by atoms with E-state index in [2.05, 4.69) is 17.2 Å². The normalized spacial score (nSPS) is 9.55. The van der Waals surface area contributed by atoms with Crippen molar-refractivity contribution in [2.45, 2.75) is 19.3 Å². The summed E-state index contributed by atoms with van der Waals surface area (Å²) in [5, 5.41) is 2.83. The summed E-state index contributed by atoms with van der Waals surface area (Å²) in [7, 11) is 1.58. The van der Waals surface area contributed by atoms with Crippen LogP contribution in [0.25, 0.3) is 0 Å². The molecule has 20 heavy (non-hydrogen) atoms. The molecule has 0 saturated carbocycles. The zero-order valence-corrected chi connectivity index (χ0v) is 11.7. The van der Waals surface area contributed by atoms with Crippen molar-refractivity contribution in [2.24, 2.45) is 11.5 Å². The molecule has 1 aromatic rings. The SMILES string of the molecule is COc1ccc(NC(=O)CCCCN)cc1C#CCN. The number of hydrogen-bond donors (Lipinski definition) is 3. The molecule has 1 amide bonds. The number of ether oxygens (including phenoxy) is 1. The second kappa shape index (κ2) is 8.97. The summed E-state index contributed by atoms with van der Waals surface area (Å²) in [6, 6.07) is 5.34. The van der Waals surface area contributed by atoms with E-state index in [4.69, 9.17) is 16.2 Å². The van der Waals surface area contributed by atoms with E-state index in [1.54, 1.807) is 25.3 Å². The van der Waals surface area contributed by atoms with E-state index in [-0.39, 0.29) is 12.5 Å². The van der Waals surface area contributed by atoms with Gasteiger partial charge in [0.1, 0.15) is 5.75 Å². The zero-order valence-electron chi connectivity index (χ0n) is 11.7. The summed E-state index contributed by atoms with van der Waals surface area (Å²) in [4.78, 5) is 11.7. The minimum absolute atomic E-state index is 0.0265. The molecule has 1 aromatic carbocycles. The lowest BCUT2D eigenvalue weighted by molar-refractivity contribution is -0.116. The maximum atomic E-state index is 11.7. The lowest BCUT2D eigenvalue weighted by Crippen LogP contribution is -2.12. The number of carbonyl (C=O) groups is 1. The van der Waals surface area contributed by atoms with Crippen LogP contribution in [0, 0.1) is 11.8 Å². The van der Waals surface area contributed by atoms with Crippen LogP contribution < -0.4 is 21.5 Å². The van der Waals surface area contributed by atoms with Gasteiger partial charge in [-0.2, -0.15) is 0 Å². The Hall–Kier alpha value is -2.03. The van der Waals surface area contributed by atoms with E-state index in [9.17, 15) is 4.79 Å². The highest BCUT2D eigenvalue weighted by molar-refractivity contribution is 5.91. The van der Waals surface area contributed by atoms with Gasteiger partial charge < -0.3 is 21.5 Å². The third-order valence-corrected chi connectivity index (χ3v) is 2.67. The van der Waals surface area contributed by atoms with Gasteiger partial charge in [-0.25, -0.2) is 0 Å². The van der Waals surface area contributed by atoms with Crippen LogP contribution in [-0.2, 0) is 4.79 Å². The van der Waals surface area contributed by atoms with Crippen molar-refractivity contribution < 1.29 is 9.53 Å². The predicted molar refractivity (Wildman–Crippen MR) is 80.5 cm³/mol. The zero-order chi connectivity index (χ0) is 14.8. The van der Waals surface area contributed by atoms with Crippen molar-refractivity contribution >= 4 is 11.6 Å². The molecule has 0 radical (unpaired) electrons. The molecular weight excluding hydrogens is 254 g/mol. The van der Waals surface area contributed by atoms with Gasteiger partial charge in [-0.3, -0.25) is 4.79 Å². The summed E-state index contributed by atoms with van der Waals surface area (Å²) >= 11 is 0. The number of methoxy groups -OCH3 is 1. The Bertz CT molecular complexity index is 504. The lowest BCUT2D eigenvalue weighted by atomic mass is 10.1. The fourth-order valence-corrected chi connectivity index (χ4v) is 1.68. The molecule has 0 fully saturated rings. The quantitative estimate of drug-likeness (QED) is 0.535. The van der Waals surface area contributed by atoms with E-state index < -0.39 is 0 Å². The fourth-order valence-electron chi connectivity index (χ4n) is 1.68. The van der Waals surface area contributed by atoms with E-state index in [0.717, 1.165) is 12.8 Å². The largest absolute Gasteiger partial charge is 0.495 e. The van der Waals surface area contributed by atoms with Crippen LogP contribution in [-0.4, -0.2) is 26.1 Å². The molecule has 0 bridgehead atoms. The van der Waals surface area contributed by atoms with Gasteiger partial charge in [0.25, 0.3) is 0 Å². The van der Waals surface area contributed by atoms with E-state index in [1.165, 1.54) is 0 Å². The third kappa shape index (κ3) is 5.31. The smallest absolute Gasteiger partial charge is 0.224 e. The molecule has 0 spiro atoms. The van der Waals surface area contributed by atoms with Gasteiger partial charge >= 0.3 is 0 Å². The van der Waals surface area contributed by atoms with Crippen molar-refractivity contribution in [3.8, 4) is 17.6 Å². The molecule has 0 heterocycles. The second-order valence-electron chi connectivity index (χ2n) is 4.21. The standard InChI is InChI=1S/C15H21N3O2/c1-20-14-8-7-13(11-12(14)5-4-10-17)18-15(19)6-2-3-9-16/h7-8,11H,2-3,6,9-10,16-17H2,1H3,(H,18,19). The first-order valence-electron chi connectivity index (χ1n) is 6.58. The Morgan fingerprint density at radius 1 is 1.35 bits per heavy atom. The van der Waals surface area contributed by atoms with Crippen molar-refractivity contribution in [3.05, 3.63) is 23.8 Å². The number of nitrogens with one attached hydrogen (secondary N) is 1. The highest BCUT2D eigenvalue weighted by Crippen LogP contribution is 2.21. The highest BCUT2D eigenvalue weighted by atomic mass is 16.5. The Kier molecular flexibility index (Phi) is 7.18. The molecular formula is C15H21N3O2. The number of amides is 1. The summed E-state index contributed by atoms with van der Waals surface area (Å²) in [5.41, 5.74) is 12.2. The van der Waals surface area contributed by atoms with Crippen molar-refractivity contribution in [2.75, 3.05) is 25.5 Å². The van der Waals surface area contributed by atoms with Gasteiger partial charge in [0.05, 0.1) is 19.2 Å². The Morgan fingerprint density at radius 2 is 2.15 bits per heavy atom. The lowest BCUT2D eigenvalue weighted by Gasteiger charge is -2.08. The van der Waals surface area contributed by atoms with Gasteiger partial charge in [-0.15, -0.1) is 0 Å². The molecule has 108 valence electrons. The Labute approximate surface area is 119 Å². The van der Waals surface area contributed by atoms with Crippen LogP contribution in [0.1, 0.15) is 24.8 Å². The molecule has 0 aliphatic rings. The maximum absolute atomic E-state index is 11.7. The monoisotopic (exact) mass is 275 g/mol. The summed E-state index contributed by atoms with van der Waals surface area (Å²) in [6.45, 7) is 0.882. The van der Waals surface area contributed by atoms with E-state index in [0.29, 0.717) is 30.0 Å². The average Bonchev–Trinajstić information content (AvgIpc) is 2.45. The van der Waals surface area contributed by atoms with Gasteiger partial charge in [0.2, 0.25) is 5.91 Å². The molecule has 1 rings (SSSR count). The third-order valence-electron chi connectivity index (χ3n) is 2.67. The maximum Gasteiger partial charge on any atom is 0.224 e. The molecule has 0 unspecified atom stereocenters. The van der Waals surface area contributed by atoms with Crippen LogP contribution >= 0.6 is 0 Å². The van der Waals surface area contributed by atoms with Crippen LogP contribution in [0.15, 0.2) is 18.2 Å². The number of hydrogen-bond acceptors (Lipinski definition) is 4. The van der Waals surface area contributed by atoms with Gasteiger partial charge in [-0.1, -0.05) is 11.8 Å². The fraction of sp³-hybridized carbons (Fsp3) is 0.400. The molecule has 5 nitrogen and oxygen atoms in total. The van der Waals surface area contributed by atoms with Crippen LogP contribution in [0.4, 0.5) is 5.69 Å². The number of rotatable bonds is 6. The number of unbranched alkanes of at least 4 members (excludes halogenated alkanes) is 1. The first-order chi connectivity index (χ1) is 9.71. The first kappa shape index (κ1) is 16.0. The minimum Gasteiger partial charge on any atom is -0.495 e. The Balaban J connectivity index is 2.73. The molecule has 0 aliphatic heterocycles. The topological polar surface area (TPSA) is 90.4 Å². The summed E-state index contributed by atoms with van der Waals surface area (Å²) < 4.78 is 5.21. The van der Waals surface area contributed by atoms with Gasteiger partial charge in [-0.05, 0) is 37.6 Å². The number of carbonyl (C=O) groups excluding carboxylic acids is 1. The molecule has 0 saturated heterocycles. The van der Waals surface area contributed by atoms with Crippen LogP contribution in [0.5, 0.6) is 5.75 Å². The average molecular weight is 275 g/mol. The van der Waals surface area contributed by atoms with Crippen molar-refractivity contribution in [3.63, 3.8) is 0 Å². The molecule has 0 atom stereocenters. The van der Waals surface area contributed by atoms with E-state index >= 15 is 0 Å². The summed E-state index contributed by atoms with van der Waals surface area (Å²) in [5.74, 6) is 6.33. The van der Waals surface area contributed by atoms with Gasteiger partial charge in [0, 0.05) is 12.1 Å². The Morgan fingerprint density at radius 3 is 2.80 bits per heavy atom. The van der Waals surface area contributed by atoms with Gasteiger partial charge in [0.15, 0.2) is 0 Å². The van der Waals surface area contributed by atoms with Crippen LogP contribution in [0.3, 0.4) is 0 Å². The van der Waals surface area contributed by atoms with Crippen molar-refractivity contribution in [1.29, 1.82) is 0 Å². The number of nitrogens with two attached hydrogens (primary N) is 2. The van der Waals surface area contributed by atoms with E-state index in [1.807, 2.05) is 0 Å². The molecule has 5 heteroatoms. The highest BCUT2D eigenvalue weighted by Gasteiger charge is 2.05. The molecule has 0 aliphatic carbocycles. The second-order valence-corrected chi connectivity index (χ2v) is 4.21. The molecule has 5 N–H and O–H groups in total. The number of benzene rings is 1. The number of anilines is 1. The van der Waals surface area contributed by atoms with Crippen LogP contribution in [0.2, 0.25) is 0 Å².